The minimum atomic E-state index is -1.98. The molecule has 1 saturated heterocycles. The van der Waals surface area contributed by atoms with Crippen molar-refractivity contribution < 1.29 is 23.9 Å². The smallest absolute Gasteiger partial charge is 0.342 e. The number of likely N-dealkylation sites (N-methyl/N-ethyl adjacent to an activating group) is 1. The van der Waals surface area contributed by atoms with Crippen molar-refractivity contribution in [2.45, 2.75) is 26.0 Å². The van der Waals surface area contributed by atoms with E-state index in [0.717, 1.165) is 17.4 Å². The number of nitrogens with zero attached hydrogens (tertiary/aromatic N) is 2. The van der Waals surface area contributed by atoms with Crippen molar-refractivity contribution in [2.75, 3.05) is 13.6 Å². The van der Waals surface area contributed by atoms with Gasteiger partial charge in [-0.2, -0.15) is 0 Å². The van der Waals surface area contributed by atoms with Crippen LogP contribution in [0.15, 0.2) is 30.3 Å². The molecule has 0 saturated carbocycles. The van der Waals surface area contributed by atoms with Crippen molar-refractivity contribution in [1.29, 1.82) is 0 Å². The van der Waals surface area contributed by atoms with Crippen LogP contribution in [0.25, 0.3) is 0 Å². The lowest BCUT2D eigenvalue weighted by Gasteiger charge is -2.42. The number of carbonyl (C=O) groups is 4. The van der Waals surface area contributed by atoms with Crippen molar-refractivity contribution in [3.05, 3.63) is 35.9 Å². The molecule has 0 aliphatic carbocycles. The van der Waals surface area contributed by atoms with Crippen LogP contribution in [0.3, 0.4) is 0 Å². The standard InChI is InChI=1S/C16H18N2O5/c1-11(19)18-13(20)9-17(3)14(21)16(18,2)15(22)23-10-12-7-5-4-6-8-12/h4-8H,9-10H2,1-3H3. The highest BCUT2D eigenvalue weighted by molar-refractivity contribution is 6.17. The second-order valence-electron chi connectivity index (χ2n) is 5.54. The quantitative estimate of drug-likeness (QED) is 0.592. The van der Waals surface area contributed by atoms with Crippen LogP contribution >= 0.6 is 0 Å². The van der Waals surface area contributed by atoms with E-state index in [1.54, 1.807) is 24.3 Å². The number of imide groups is 1. The second kappa shape index (κ2) is 6.20. The Morgan fingerprint density at radius 3 is 2.39 bits per heavy atom. The van der Waals surface area contributed by atoms with E-state index >= 15 is 0 Å². The average Bonchev–Trinajstić information content (AvgIpc) is 2.51. The molecule has 7 nitrogen and oxygen atoms in total. The summed E-state index contributed by atoms with van der Waals surface area (Å²) in [5.41, 5.74) is -1.24. The highest BCUT2D eigenvalue weighted by atomic mass is 16.5. The number of hydrogen-bond acceptors (Lipinski definition) is 5. The van der Waals surface area contributed by atoms with Gasteiger partial charge in [0.25, 0.3) is 5.91 Å². The lowest BCUT2D eigenvalue weighted by atomic mass is 9.94. The minimum Gasteiger partial charge on any atom is -0.459 e. The molecule has 0 bridgehead atoms. The summed E-state index contributed by atoms with van der Waals surface area (Å²) in [7, 11) is 1.40. The Labute approximate surface area is 133 Å². The fourth-order valence-corrected chi connectivity index (χ4v) is 2.59. The van der Waals surface area contributed by atoms with E-state index in [0.29, 0.717) is 4.90 Å². The van der Waals surface area contributed by atoms with E-state index in [1.165, 1.54) is 14.0 Å². The predicted molar refractivity (Wildman–Crippen MR) is 79.8 cm³/mol. The fourth-order valence-electron chi connectivity index (χ4n) is 2.59. The van der Waals surface area contributed by atoms with Crippen LogP contribution in [0.2, 0.25) is 0 Å². The van der Waals surface area contributed by atoms with E-state index in [9.17, 15) is 19.2 Å². The third kappa shape index (κ3) is 2.94. The zero-order valence-corrected chi connectivity index (χ0v) is 13.2. The number of hydrogen-bond donors (Lipinski definition) is 0. The van der Waals surface area contributed by atoms with Gasteiger partial charge in [-0.05, 0) is 12.5 Å². The topological polar surface area (TPSA) is 84.0 Å². The van der Waals surface area contributed by atoms with Crippen molar-refractivity contribution in [1.82, 2.24) is 9.80 Å². The second-order valence-corrected chi connectivity index (χ2v) is 5.54. The molecule has 0 radical (unpaired) electrons. The molecule has 122 valence electrons. The van der Waals surface area contributed by atoms with Crippen molar-refractivity contribution in [2.24, 2.45) is 0 Å². The summed E-state index contributed by atoms with van der Waals surface area (Å²) >= 11 is 0. The molecule has 23 heavy (non-hydrogen) atoms. The molecule has 2 rings (SSSR count). The molecular formula is C16H18N2O5. The van der Waals surface area contributed by atoms with Gasteiger partial charge >= 0.3 is 5.97 Å². The first kappa shape index (κ1) is 16.7. The van der Waals surface area contributed by atoms with E-state index in [1.807, 2.05) is 6.07 Å². The van der Waals surface area contributed by atoms with Gasteiger partial charge in [0.1, 0.15) is 6.61 Å². The molecule has 1 aliphatic rings. The highest BCUT2D eigenvalue weighted by Gasteiger charge is 2.56. The zero-order valence-electron chi connectivity index (χ0n) is 13.2. The lowest BCUT2D eigenvalue weighted by molar-refractivity contribution is -0.181. The first-order valence-electron chi connectivity index (χ1n) is 7.08. The van der Waals surface area contributed by atoms with Crippen LogP contribution < -0.4 is 0 Å². The molecule has 1 fully saturated rings. The molecule has 1 aromatic carbocycles. The molecule has 1 aliphatic heterocycles. The van der Waals surface area contributed by atoms with E-state index < -0.39 is 29.2 Å². The first-order chi connectivity index (χ1) is 10.8. The van der Waals surface area contributed by atoms with E-state index in [-0.39, 0.29) is 13.2 Å². The number of ether oxygens (including phenoxy) is 1. The van der Waals surface area contributed by atoms with Gasteiger partial charge in [-0.25, -0.2) is 4.79 Å². The lowest BCUT2D eigenvalue weighted by Crippen LogP contribution is -2.70. The number of esters is 1. The first-order valence-corrected chi connectivity index (χ1v) is 7.08. The van der Waals surface area contributed by atoms with E-state index in [4.69, 9.17) is 4.74 Å². The van der Waals surface area contributed by atoms with Gasteiger partial charge in [-0.3, -0.25) is 19.3 Å². The molecule has 1 atom stereocenters. The highest BCUT2D eigenvalue weighted by Crippen LogP contribution is 2.25. The maximum absolute atomic E-state index is 12.5. The summed E-state index contributed by atoms with van der Waals surface area (Å²) in [5.74, 6) is -2.86. The Morgan fingerprint density at radius 1 is 1.22 bits per heavy atom. The summed E-state index contributed by atoms with van der Waals surface area (Å²) in [6.07, 6.45) is 0. The monoisotopic (exact) mass is 318 g/mol. The average molecular weight is 318 g/mol. The fraction of sp³-hybridized carbons (Fsp3) is 0.375. The summed E-state index contributed by atoms with van der Waals surface area (Å²) < 4.78 is 5.19. The maximum Gasteiger partial charge on any atom is 0.342 e. The maximum atomic E-state index is 12.5. The predicted octanol–water partition coefficient (Wildman–Crippen LogP) is 0.336. The summed E-state index contributed by atoms with van der Waals surface area (Å²) in [5, 5.41) is 0. The van der Waals surface area contributed by atoms with Gasteiger partial charge in [-0.1, -0.05) is 30.3 Å². The van der Waals surface area contributed by atoms with E-state index in [2.05, 4.69) is 0 Å². The van der Waals surface area contributed by atoms with Crippen LogP contribution in [0.4, 0.5) is 0 Å². The number of amides is 3. The van der Waals surface area contributed by atoms with Gasteiger partial charge in [0, 0.05) is 14.0 Å². The summed E-state index contributed by atoms with van der Waals surface area (Å²) in [4.78, 5) is 50.6. The molecule has 0 aromatic heterocycles. The zero-order chi connectivity index (χ0) is 17.2. The Bertz CT molecular complexity index is 658. The molecule has 3 amide bonds. The van der Waals surface area contributed by atoms with Crippen LogP contribution in [0.5, 0.6) is 0 Å². The van der Waals surface area contributed by atoms with Crippen LogP contribution in [-0.4, -0.2) is 52.6 Å². The Balaban J connectivity index is 2.27. The van der Waals surface area contributed by atoms with Gasteiger partial charge in [0.2, 0.25) is 17.4 Å². The number of piperazine rings is 1. The third-order valence-corrected chi connectivity index (χ3v) is 3.76. The number of benzene rings is 1. The van der Waals surface area contributed by atoms with Crippen LogP contribution in [0.1, 0.15) is 19.4 Å². The molecule has 1 heterocycles. The van der Waals surface area contributed by atoms with Gasteiger partial charge in [0.05, 0.1) is 6.54 Å². The Morgan fingerprint density at radius 2 is 1.83 bits per heavy atom. The molecule has 0 spiro atoms. The van der Waals surface area contributed by atoms with Gasteiger partial charge in [-0.15, -0.1) is 0 Å². The third-order valence-electron chi connectivity index (χ3n) is 3.76. The largest absolute Gasteiger partial charge is 0.459 e. The Kier molecular flexibility index (Phi) is 4.49. The minimum absolute atomic E-state index is 0.0494. The number of rotatable bonds is 3. The van der Waals surface area contributed by atoms with Crippen molar-refractivity contribution in [3.8, 4) is 0 Å². The van der Waals surface area contributed by atoms with Gasteiger partial charge in [0.15, 0.2) is 0 Å². The molecule has 1 aromatic rings. The molecule has 1 unspecified atom stereocenters. The summed E-state index contributed by atoms with van der Waals surface area (Å²) in [6, 6.07) is 8.92. The Hall–Kier alpha value is -2.70. The van der Waals surface area contributed by atoms with Crippen molar-refractivity contribution >= 4 is 23.7 Å². The molecule has 7 heteroatoms. The normalized spacial score (nSPS) is 21.3. The van der Waals surface area contributed by atoms with Crippen LogP contribution in [-0.2, 0) is 30.5 Å². The van der Waals surface area contributed by atoms with Crippen LogP contribution in [0, 0.1) is 0 Å². The summed E-state index contributed by atoms with van der Waals surface area (Å²) in [6.45, 7) is 2.07. The van der Waals surface area contributed by atoms with Gasteiger partial charge < -0.3 is 9.64 Å². The SMILES string of the molecule is CC(=O)N1C(=O)CN(C)C(=O)C1(C)C(=O)OCc1ccccc1. The number of carbonyl (C=O) groups excluding carboxylic acids is 4. The molecular weight excluding hydrogens is 300 g/mol. The van der Waals surface area contributed by atoms with Crippen molar-refractivity contribution in [3.63, 3.8) is 0 Å². The molecule has 0 N–H and O–H groups in total.